The van der Waals surface area contributed by atoms with Crippen LogP contribution in [-0.2, 0) is 0 Å². The van der Waals surface area contributed by atoms with Crippen molar-refractivity contribution in [3.8, 4) is 67.9 Å². The fourth-order valence-electron chi connectivity index (χ4n) is 14.6. The molecule has 0 N–H and O–H groups in total. The summed E-state index contributed by atoms with van der Waals surface area (Å²) >= 11 is 0. The molecule has 6 heterocycles. The number of rotatable bonds is 8. The zero-order chi connectivity index (χ0) is 60.8. The molecule has 0 spiro atoms. The average molecular weight is 1160 g/mol. The second-order valence-corrected chi connectivity index (χ2v) is 25.1. The highest BCUT2D eigenvalue weighted by Gasteiger charge is 2.37. The first-order valence-corrected chi connectivity index (χ1v) is 31.2. The number of aromatic nitrogens is 7. The summed E-state index contributed by atoms with van der Waals surface area (Å²) in [5, 5.41) is 9.35. The number of hydrogen-bond acceptors (Lipinski definition) is 3. The molecule has 0 aliphatic carbocycles. The van der Waals surface area contributed by atoms with Gasteiger partial charge in [-0.2, -0.15) is 0 Å². The molecular formula is C83H63N7. The maximum Gasteiger partial charge on any atom is 0.160 e. The molecule has 11 aromatic carbocycles. The van der Waals surface area contributed by atoms with Crippen LogP contribution >= 0.6 is 0 Å². The van der Waals surface area contributed by atoms with E-state index in [2.05, 4.69) is 298 Å². The van der Waals surface area contributed by atoms with E-state index >= 15 is 0 Å². The molecule has 0 aliphatic heterocycles. The highest BCUT2D eigenvalue weighted by Crippen LogP contribution is 2.55. The van der Waals surface area contributed by atoms with E-state index in [1.54, 1.807) is 0 Å². The molecule has 0 saturated carbocycles. The van der Waals surface area contributed by atoms with Crippen LogP contribution in [0.25, 0.3) is 155 Å². The Morgan fingerprint density at radius 3 is 0.856 bits per heavy atom. The SMILES string of the molecule is Cc1ccc2c(c1)c1cc(C)ccc1n2-c1c(-c2ccccn2)c(-n2c3ccc(C)cc3c3cc(C)ccc32)c(-n2c3ccc(C)cc3c3cc(C)ccc32)c(-n2c3ccc(C)cc3c3cc(C)ccc32)c1-c1cc(-c2ccccc2)nc(-c2ccccc2)n1. The van der Waals surface area contributed by atoms with E-state index < -0.39 is 0 Å². The fourth-order valence-corrected chi connectivity index (χ4v) is 14.6. The standard InChI is InChI=1S/C83H63N7/c1-48-22-30-69-58(39-48)59-40-49(2)23-31-70(59)87(69)79-77(66-21-15-16-38-84-66)80(88-71-32-24-50(3)41-60(71)61-42-51(4)25-33-72(61)88)82(90-75-36-28-54(7)45-64(75)65-46-55(8)29-37-76(65)90)81(89-73-34-26-52(5)43-62(73)63-44-53(6)27-35-74(63)89)78(79)68-47-67(56-17-11-9-12-18-56)85-83(86-68)57-19-13-10-14-20-57/h9-47H,1-8H3. The molecule has 0 amide bonds. The molecule has 7 heteroatoms. The topological polar surface area (TPSA) is 58.4 Å². The van der Waals surface area contributed by atoms with Crippen LogP contribution < -0.4 is 0 Å². The van der Waals surface area contributed by atoms with Gasteiger partial charge in [-0.05, 0) is 171 Å². The van der Waals surface area contributed by atoms with E-state index in [-0.39, 0.29) is 0 Å². The monoisotopic (exact) mass is 1160 g/mol. The molecule has 0 radical (unpaired) electrons. The van der Waals surface area contributed by atoms with E-state index in [0.717, 1.165) is 117 Å². The quantitative estimate of drug-likeness (QED) is 0.152. The number of fused-ring (bicyclic) bond motifs is 12. The van der Waals surface area contributed by atoms with Crippen molar-refractivity contribution in [3.63, 3.8) is 0 Å². The first-order valence-electron chi connectivity index (χ1n) is 31.2. The van der Waals surface area contributed by atoms with Gasteiger partial charge < -0.3 is 18.3 Å². The zero-order valence-corrected chi connectivity index (χ0v) is 51.6. The van der Waals surface area contributed by atoms with Gasteiger partial charge in [-0.3, -0.25) is 4.98 Å². The lowest BCUT2D eigenvalue weighted by molar-refractivity contribution is 1.03. The molecule has 90 heavy (non-hydrogen) atoms. The van der Waals surface area contributed by atoms with Gasteiger partial charge in [0.05, 0.1) is 95.1 Å². The molecule has 0 aliphatic rings. The molecule has 0 atom stereocenters. The first kappa shape index (κ1) is 53.1. The number of aryl methyl sites for hydroxylation is 8. The third kappa shape index (κ3) is 8.15. The van der Waals surface area contributed by atoms with Crippen LogP contribution in [0.5, 0.6) is 0 Å². The summed E-state index contributed by atoms with van der Waals surface area (Å²) in [6.45, 7) is 17.7. The Morgan fingerprint density at radius 1 is 0.233 bits per heavy atom. The van der Waals surface area contributed by atoms with Crippen LogP contribution in [0.2, 0.25) is 0 Å². The normalized spacial score (nSPS) is 12.0. The smallest absolute Gasteiger partial charge is 0.160 e. The predicted octanol–water partition coefficient (Wildman–Crippen LogP) is 21.4. The van der Waals surface area contributed by atoms with Gasteiger partial charge in [-0.25, -0.2) is 9.97 Å². The molecule has 7 nitrogen and oxygen atoms in total. The summed E-state index contributed by atoms with van der Waals surface area (Å²) in [6.07, 6.45) is 1.96. The Balaban J connectivity index is 1.27. The van der Waals surface area contributed by atoms with Crippen molar-refractivity contribution < 1.29 is 0 Å². The molecule has 0 fully saturated rings. The maximum absolute atomic E-state index is 6.06. The van der Waals surface area contributed by atoms with E-state index in [1.807, 2.05) is 12.3 Å². The molecule has 0 bridgehead atoms. The third-order valence-electron chi connectivity index (χ3n) is 18.6. The molecular weight excluding hydrogens is 1090 g/mol. The van der Waals surface area contributed by atoms with Crippen LogP contribution in [-0.4, -0.2) is 33.2 Å². The van der Waals surface area contributed by atoms with Crippen LogP contribution in [0.1, 0.15) is 44.5 Å². The number of benzene rings is 11. The minimum atomic E-state index is 0.617. The van der Waals surface area contributed by atoms with Gasteiger partial charge in [-0.15, -0.1) is 0 Å². The maximum atomic E-state index is 6.06. The number of nitrogens with zero attached hydrogens (tertiary/aromatic N) is 7. The Kier molecular flexibility index (Phi) is 11.9. The van der Waals surface area contributed by atoms with Gasteiger partial charge in [0.2, 0.25) is 0 Å². The van der Waals surface area contributed by atoms with Crippen molar-refractivity contribution >= 4 is 87.2 Å². The van der Waals surface area contributed by atoms with E-state index in [9.17, 15) is 0 Å². The molecule has 17 rings (SSSR count). The van der Waals surface area contributed by atoms with Crippen LogP contribution in [0.4, 0.5) is 0 Å². The Bertz CT molecular complexity index is 5560. The minimum absolute atomic E-state index is 0.617. The van der Waals surface area contributed by atoms with Crippen molar-refractivity contribution in [2.45, 2.75) is 55.4 Å². The van der Waals surface area contributed by atoms with Crippen LogP contribution in [0, 0.1) is 55.4 Å². The molecule has 0 saturated heterocycles. The second-order valence-electron chi connectivity index (χ2n) is 25.1. The van der Waals surface area contributed by atoms with E-state index in [0.29, 0.717) is 5.82 Å². The van der Waals surface area contributed by atoms with E-state index in [1.165, 1.54) is 76.8 Å². The highest BCUT2D eigenvalue weighted by atomic mass is 15.1. The third-order valence-corrected chi connectivity index (χ3v) is 18.6. The summed E-state index contributed by atoms with van der Waals surface area (Å²) in [5.41, 5.74) is 28.0. The second kappa shape index (κ2) is 20.2. The molecule has 430 valence electrons. The number of pyridine rings is 1. The lowest BCUT2D eigenvalue weighted by Gasteiger charge is -2.31. The van der Waals surface area contributed by atoms with Crippen molar-refractivity contribution in [3.05, 3.63) is 281 Å². The summed E-state index contributed by atoms with van der Waals surface area (Å²) in [4.78, 5) is 17.3. The van der Waals surface area contributed by atoms with Gasteiger partial charge >= 0.3 is 0 Å². The molecule has 0 unspecified atom stereocenters. The van der Waals surface area contributed by atoms with E-state index in [4.69, 9.17) is 15.0 Å². The largest absolute Gasteiger partial charge is 0.308 e. The summed E-state index contributed by atoms with van der Waals surface area (Å²) in [7, 11) is 0. The lowest BCUT2D eigenvalue weighted by atomic mass is 9.92. The number of hydrogen-bond donors (Lipinski definition) is 0. The van der Waals surface area contributed by atoms with Crippen molar-refractivity contribution in [2.24, 2.45) is 0 Å². The lowest BCUT2D eigenvalue weighted by Crippen LogP contribution is -2.17. The van der Waals surface area contributed by atoms with Crippen molar-refractivity contribution in [2.75, 3.05) is 0 Å². The Labute approximate surface area is 522 Å². The van der Waals surface area contributed by atoms with Gasteiger partial charge in [0, 0.05) is 60.4 Å². The predicted molar refractivity (Wildman–Crippen MR) is 377 cm³/mol. The Hall–Kier alpha value is -11.2. The first-order chi connectivity index (χ1) is 43.9. The van der Waals surface area contributed by atoms with Crippen LogP contribution in [0.15, 0.2) is 237 Å². The molecule has 6 aromatic heterocycles. The van der Waals surface area contributed by atoms with Crippen LogP contribution in [0.3, 0.4) is 0 Å². The summed E-state index contributed by atoms with van der Waals surface area (Å²) in [5.74, 6) is 0.617. The van der Waals surface area contributed by atoms with Crippen molar-refractivity contribution in [1.29, 1.82) is 0 Å². The van der Waals surface area contributed by atoms with Gasteiger partial charge in [0.25, 0.3) is 0 Å². The minimum Gasteiger partial charge on any atom is -0.308 e. The Morgan fingerprint density at radius 2 is 0.522 bits per heavy atom. The summed E-state index contributed by atoms with van der Waals surface area (Å²) < 4.78 is 10.4. The van der Waals surface area contributed by atoms with Gasteiger partial charge in [0.15, 0.2) is 5.82 Å². The highest BCUT2D eigenvalue weighted by molar-refractivity contribution is 6.19. The molecule has 17 aromatic rings. The van der Waals surface area contributed by atoms with Crippen molar-refractivity contribution in [1.82, 2.24) is 33.2 Å². The van der Waals surface area contributed by atoms with Gasteiger partial charge in [0.1, 0.15) is 0 Å². The zero-order valence-electron chi connectivity index (χ0n) is 51.6. The fraction of sp³-hybridized carbons (Fsp3) is 0.0964. The summed E-state index contributed by atoms with van der Waals surface area (Å²) in [6, 6.07) is 85.7. The average Bonchev–Trinajstić information content (AvgIpc) is 1.37. The van der Waals surface area contributed by atoms with Gasteiger partial charge in [-0.1, -0.05) is 160 Å².